The summed E-state index contributed by atoms with van der Waals surface area (Å²) in [7, 11) is 1.79. The first kappa shape index (κ1) is 18.3. The van der Waals surface area contributed by atoms with E-state index in [4.69, 9.17) is 11.6 Å². The van der Waals surface area contributed by atoms with Gasteiger partial charge in [0.1, 0.15) is 0 Å². The Labute approximate surface area is 139 Å². The normalized spacial score (nSPS) is 10.9. The summed E-state index contributed by atoms with van der Waals surface area (Å²) < 4.78 is 0.850. The molecule has 0 aliphatic carbocycles. The lowest BCUT2D eigenvalue weighted by Crippen LogP contribution is -2.39. The second-order valence-electron chi connectivity index (χ2n) is 3.37. The highest BCUT2D eigenvalue weighted by molar-refractivity contribution is 14.0. The SMILES string of the molecule is CN=C(NCCSC)NCCc1ccc(Cl)s1.I. The smallest absolute Gasteiger partial charge is 0.191 e. The quantitative estimate of drug-likeness (QED) is 0.322. The number of hydrogen-bond acceptors (Lipinski definition) is 3. The monoisotopic (exact) mass is 419 g/mol. The first-order chi connectivity index (χ1) is 8.26. The maximum atomic E-state index is 5.87. The molecule has 1 aromatic heterocycles. The topological polar surface area (TPSA) is 36.4 Å². The zero-order valence-electron chi connectivity index (χ0n) is 10.5. The van der Waals surface area contributed by atoms with E-state index >= 15 is 0 Å². The molecule has 1 heterocycles. The minimum absolute atomic E-state index is 0. The minimum atomic E-state index is 0. The number of thiophene rings is 1. The zero-order chi connectivity index (χ0) is 12.5. The minimum Gasteiger partial charge on any atom is -0.356 e. The van der Waals surface area contributed by atoms with Gasteiger partial charge >= 0.3 is 0 Å². The van der Waals surface area contributed by atoms with Crippen molar-refractivity contribution < 1.29 is 0 Å². The van der Waals surface area contributed by atoms with E-state index in [0.717, 1.165) is 35.6 Å². The summed E-state index contributed by atoms with van der Waals surface area (Å²) in [5, 5.41) is 6.54. The van der Waals surface area contributed by atoms with E-state index in [1.807, 2.05) is 17.8 Å². The Balaban J connectivity index is 0.00000289. The highest BCUT2D eigenvalue weighted by atomic mass is 127. The van der Waals surface area contributed by atoms with Crippen LogP contribution in [0.2, 0.25) is 4.34 Å². The summed E-state index contributed by atoms with van der Waals surface area (Å²) >= 11 is 9.32. The molecule has 7 heteroatoms. The lowest BCUT2D eigenvalue weighted by Gasteiger charge is -2.10. The number of hydrogen-bond donors (Lipinski definition) is 2. The Bertz CT molecular complexity index is 358. The average molecular weight is 420 g/mol. The third kappa shape index (κ3) is 7.70. The number of nitrogens with one attached hydrogen (secondary N) is 2. The lowest BCUT2D eigenvalue weighted by atomic mass is 10.3. The fourth-order valence-corrected chi connectivity index (χ4v) is 2.68. The van der Waals surface area contributed by atoms with Crippen LogP contribution in [0.15, 0.2) is 17.1 Å². The van der Waals surface area contributed by atoms with Crippen molar-refractivity contribution in [2.75, 3.05) is 32.1 Å². The number of thioether (sulfide) groups is 1. The lowest BCUT2D eigenvalue weighted by molar-refractivity contribution is 0.818. The van der Waals surface area contributed by atoms with Crippen molar-refractivity contribution >= 4 is 64.6 Å². The summed E-state index contributed by atoms with van der Waals surface area (Å²) in [6.45, 7) is 1.81. The Morgan fingerprint density at radius 3 is 2.67 bits per heavy atom. The molecule has 0 spiro atoms. The second kappa shape index (κ2) is 11.2. The summed E-state index contributed by atoms with van der Waals surface area (Å²) in [6.07, 6.45) is 3.07. The molecule has 3 nitrogen and oxygen atoms in total. The van der Waals surface area contributed by atoms with E-state index in [0.29, 0.717) is 0 Å². The average Bonchev–Trinajstić information content (AvgIpc) is 2.73. The summed E-state index contributed by atoms with van der Waals surface area (Å²) in [5.41, 5.74) is 0. The van der Waals surface area contributed by atoms with Crippen molar-refractivity contribution in [3.8, 4) is 0 Å². The fraction of sp³-hybridized carbons (Fsp3) is 0.545. The van der Waals surface area contributed by atoms with E-state index in [1.54, 1.807) is 18.4 Å². The molecule has 0 atom stereocenters. The van der Waals surface area contributed by atoms with Gasteiger partial charge in [-0.3, -0.25) is 4.99 Å². The maximum absolute atomic E-state index is 5.87. The van der Waals surface area contributed by atoms with E-state index in [1.165, 1.54) is 4.88 Å². The predicted octanol–water partition coefficient (Wildman–Crippen LogP) is 3.09. The van der Waals surface area contributed by atoms with Crippen LogP contribution in [0.5, 0.6) is 0 Å². The molecule has 0 aromatic carbocycles. The molecule has 0 fully saturated rings. The number of rotatable bonds is 6. The van der Waals surface area contributed by atoms with Crippen LogP contribution in [-0.4, -0.2) is 38.1 Å². The molecule has 0 bridgehead atoms. The van der Waals surface area contributed by atoms with Crippen molar-refractivity contribution in [1.82, 2.24) is 10.6 Å². The molecule has 0 unspecified atom stereocenters. The molecular formula is C11H19ClIN3S2. The van der Waals surface area contributed by atoms with Crippen molar-refractivity contribution in [3.63, 3.8) is 0 Å². The first-order valence-electron chi connectivity index (χ1n) is 5.44. The van der Waals surface area contributed by atoms with Crippen LogP contribution >= 0.6 is 58.7 Å². The molecule has 0 radical (unpaired) electrons. The number of nitrogens with zero attached hydrogens (tertiary/aromatic N) is 1. The number of guanidine groups is 1. The fourth-order valence-electron chi connectivity index (χ4n) is 1.28. The summed E-state index contributed by atoms with van der Waals surface area (Å²) in [6, 6.07) is 4.01. The molecular weight excluding hydrogens is 401 g/mol. The molecule has 1 rings (SSSR count). The van der Waals surface area contributed by atoms with Gasteiger partial charge in [0.05, 0.1) is 4.34 Å². The molecule has 104 valence electrons. The highest BCUT2D eigenvalue weighted by Crippen LogP contribution is 2.21. The van der Waals surface area contributed by atoms with Crippen molar-refractivity contribution in [1.29, 1.82) is 0 Å². The Morgan fingerprint density at radius 2 is 2.11 bits per heavy atom. The molecule has 0 amide bonds. The van der Waals surface area contributed by atoms with Crippen molar-refractivity contribution in [2.45, 2.75) is 6.42 Å². The third-order valence-corrected chi connectivity index (χ3v) is 4.02. The third-order valence-electron chi connectivity index (χ3n) is 2.11. The molecule has 0 aliphatic rings. The molecule has 18 heavy (non-hydrogen) atoms. The maximum Gasteiger partial charge on any atom is 0.191 e. The van der Waals surface area contributed by atoms with Crippen LogP contribution < -0.4 is 10.6 Å². The van der Waals surface area contributed by atoms with Gasteiger partial charge in [-0.05, 0) is 24.8 Å². The van der Waals surface area contributed by atoms with Gasteiger partial charge in [0.2, 0.25) is 0 Å². The van der Waals surface area contributed by atoms with Crippen LogP contribution in [0, 0.1) is 0 Å². The van der Waals surface area contributed by atoms with Gasteiger partial charge in [-0.1, -0.05) is 11.6 Å². The van der Waals surface area contributed by atoms with Gasteiger partial charge in [0.15, 0.2) is 5.96 Å². The van der Waals surface area contributed by atoms with Gasteiger partial charge < -0.3 is 10.6 Å². The summed E-state index contributed by atoms with van der Waals surface area (Å²) in [5.74, 6) is 1.95. The molecule has 0 saturated carbocycles. The van der Waals surface area contributed by atoms with Gasteiger partial charge in [-0.2, -0.15) is 11.8 Å². The van der Waals surface area contributed by atoms with Gasteiger partial charge in [0, 0.05) is 30.8 Å². The van der Waals surface area contributed by atoms with Gasteiger partial charge in [0.25, 0.3) is 0 Å². The van der Waals surface area contributed by atoms with Crippen LogP contribution in [-0.2, 0) is 6.42 Å². The van der Waals surface area contributed by atoms with Crippen molar-refractivity contribution in [3.05, 3.63) is 21.3 Å². The first-order valence-corrected chi connectivity index (χ1v) is 8.02. The van der Waals surface area contributed by atoms with Crippen LogP contribution in [0.1, 0.15) is 4.88 Å². The Kier molecular flexibility index (Phi) is 11.4. The molecule has 0 aliphatic heterocycles. The molecule has 1 aromatic rings. The van der Waals surface area contributed by atoms with E-state index < -0.39 is 0 Å². The predicted molar refractivity (Wildman–Crippen MR) is 96.2 cm³/mol. The Hall–Kier alpha value is 0.340. The van der Waals surface area contributed by atoms with E-state index in [9.17, 15) is 0 Å². The highest BCUT2D eigenvalue weighted by Gasteiger charge is 1.99. The van der Waals surface area contributed by atoms with Crippen LogP contribution in [0.4, 0.5) is 0 Å². The Morgan fingerprint density at radius 1 is 1.39 bits per heavy atom. The summed E-state index contributed by atoms with van der Waals surface area (Å²) in [4.78, 5) is 5.45. The van der Waals surface area contributed by atoms with Gasteiger partial charge in [-0.15, -0.1) is 35.3 Å². The van der Waals surface area contributed by atoms with E-state index in [-0.39, 0.29) is 24.0 Å². The van der Waals surface area contributed by atoms with Crippen LogP contribution in [0.25, 0.3) is 0 Å². The van der Waals surface area contributed by atoms with Gasteiger partial charge in [-0.25, -0.2) is 0 Å². The number of halogens is 2. The van der Waals surface area contributed by atoms with Crippen LogP contribution in [0.3, 0.4) is 0 Å². The largest absolute Gasteiger partial charge is 0.356 e. The zero-order valence-corrected chi connectivity index (χ0v) is 15.3. The standard InChI is InChI=1S/C11H18ClN3S2.HI/c1-13-11(15-7-8-16-2)14-6-5-9-3-4-10(12)17-9;/h3-4H,5-8H2,1-2H3,(H2,13,14,15);1H. The van der Waals surface area contributed by atoms with Crippen molar-refractivity contribution in [2.24, 2.45) is 4.99 Å². The number of aliphatic imine (C=N–C) groups is 1. The second-order valence-corrected chi connectivity index (χ2v) is 6.16. The molecule has 0 saturated heterocycles. The van der Waals surface area contributed by atoms with E-state index in [2.05, 4.69) is 27.9 Å². The molecule has 2 N–H and O–H groups in total.